The fourth-order valence-corrected chi connectivity index (χ4v) is 1.76. The Labute approximate surface area is 94.4 Å². The lowest BCUT2D eigenvalue weighted by atomic mass is 10.1. The van der Waals surface area contributed by atoms with E-state index in [4.69, 9.17) is 16.3 Å². The van der Waals surface area contributed by atoms with Crippen molar-refractivity contribution in [3.05, 3.63) is 28.3 Å². The van der Waals surface area contributed by atoms with Crippen LogP contribution < -0.4 is 10.1 Å². The Morgan fingerprint density at radius 3 is 2.73 bits per heavy atom. The molecule has 0 spiro atoms. The van der Waals surface area contributed by atoms with Crippen LogP contribution in [0.2, 0.25) is 5.02 Å². The summed E-state index contributed by atoms with van der Waals surface area (Å²) in [6.07, 6.45) is 0. The van der Waals surface area contributed by atoms with Gasteiger partial charge in [0.1, 0.15) is 5.75 Å². The van der Waals surface area contributed by atoms with Crippen LogP contribution in [0, 0.1) is 6.92 Å². The fraction of sp³-hybridized carbons (Fsp3) is 0.364. The van der Waals surface area contributed by atoms with E-state index in [1.54, 1.807) is 19.2 Å². The van der Waals surface area contributed by atoms with E-state index in [0.29, 0.717) is 16.3 Å². The maximum atomic E-state index is 11.7. The molecule has 1 N–H and O–H groups in total. The quantitative estimate of drug-likeness (QED) is 0.801. The Balaban J connectivity index is 3.20. The molecule has 0 saturated heterocycles. The van der Waals surface area contributed by atoms with Crippen molar-refractivity contribution in [3.8, 4) is 5.75 Å². The first-order valence-corrected chi connectivity index (χ1v) is 5.00. The van der Waals surface area contributed by atoms with E-state index in [1.165, 1.54) is 7.11 Å². The number of hydrogen-bond acceptors (Lipinski definition) is 3. The minimum Gasteiger partial charge on any atom is -0.496 e. The van der Waals surface area contributed by atoms with Gasteiger partial charge in [-0.2, -0.15) is 0 Å². The number of ether oxygens (including phenoxy) is 1. The number of methoxy groups -OCH3 is 1. The molecule has 0 bridgehead atoms. The SMILES string of the molecule is CNCC(=O)c1c(Cl)cc(C)cc1OC. The average Bonchev–Trinajstić information content (AvgIpc) is 2.16. The van der Waals surface area contributed by atoms with Crippen LogP contribution in [0.5, 0.6) is 5.75 Å². The number of likely N-dealkylation sites (N-methyl/N-ethyl adjacent to an activating group) is 1. The lowest BCUT2D eigenvalue weighted by Gasteiger charge is -2.10. The summed E-state index contributed by atoms with van der Waals surface area (Å²) in [5.41, 5.74) is 1.41. The predicted octanol–water partition coefficient (Wildman–Crippen LogP) is 2.06. The highest BCUT2D eigenvalue weighted by molar-refractivity contribution is 6.34. The van der Waals surface area contributed by atoms with Crippen molar-refractivity contribution in [2.75, 3.05) is 20.7 Å². The van der Waals surface area contributed by atoms with Crippen molar-refractivity contribution in [1.82, 2.24) is 5.32 Å². The highest BCUT2D eigenvalue weighted by Gasteiger charge is 2.16. The second-order valence-electron chi connectivity index (χ2n) is 3.28. The molecular formula is C11H14ClNO2. The van der Waals surface area contributed by atoms with Gasteiger partial charge < -0.3 is 10.1 Å². The van der Waals surface area contributed by atoms with Crippen molar-refractivity contribution < 1.29 is 9.53 Å². The molecule has 15 heavy (non-hydrogen) atoms. The number of halogens is 1. The van der Waals surface area contributed by atoms with E-state index in [1.807, 2.05) is 6.92 Å². The van der Waals surface area contributed by atoms with Gasteiger partial charge in [-0.25, -0.2) is 0 Å². The van der Waals surface area contributed by atoms with Crippen LogP contribution in [-0.4, -0.2) is 26.5 Å². The number of ketones is 1. The smallest absolute Gasteiger partial charge is 0.181 e. The van der Waals surface area contributed by atoms with Gasteiger partial charge in [-0.05, 0) is 31.7 Å². The highest BCUT2D eigenvalue weighted by Crippen LogP contribution is 2.28. The number of carbonyl (C=O) groups excluding carboxylic acids is 1. The highest BCUT2D eigenvalue weighted by atomic mass is 35.5. The molecule has 1 aromatic rings. The van der Waals surface area contributed by atoms with Gasteiger partial charge in [0.15, 0.2) is 5.78 Å². The molecule has 0 aromatic heterocycles. The summed E-state index contributed by atoms with van der Waals surface area (Å²) < 4.78 is 5.14. The van der Waals surface area contributed by atoms with Crippen LogP contribution in [0.25, 0.3) is 0 Å². The molecule has 0 aliphatic heterocycles. The molecule has 1 rings (SSSR count). The van der Waals surface area contributed by atoms with Crippen LogP contribution in [0.3, 0.4) is 0 Å². The Morgan fingerprint density at radius 1 is 1.53 bits per heavy atom. The maximum absolute atomic E-state index is 11.7. The zero-order valence-corrected chi connectivity index (χ0v) is 9.81. The molecule has 4 heteroatoms. The topological polar surface area (TPSA) is 38.3 Å². The van der Waals surface area contributed by atoms with Crippen molar-refractivity contribution in [2.45, 2.75) is 6.92 Å². The Bertz CT molecular complexity index is 377. The Morgan fingerprint density at radius 2 is 2.20 bits per heavy atom. The second kappa shape index (κ2) is 5.14. The van der Waals surface area contributed by atoms with E-state index in [0.717, 1.165) is 5.56 Å². The van der Waals surface area contributed by atoms with E-state index >= 15 is 0 Å². The van der Waals surface area contributed by atoms with Gasteiger partial charge >= 0.3 is 0 Å². The molecule has 0 saturated carbocycles. The molecule has 0 atom stereocenters. The number of Topliss-reactive ketones (excluding diaryl/α,β-unsaturated/α-hetero) is 1. The van der Waals surface area contributed by atoms with Crippen LogP contribution >= 0.6 is 11.6 Å². The minimum atomic E-state index is -0.0700. The lowest BCUT2D eigenvalue weighted by molar-refractivity contribution is 0.0991. The molecule has 0 aliphatic carbocycles. The molecule has 0 amide bonds. The standard InChI is InChI=1S/C11H14ClNO2/c1-7-4-8(12)11(9(14)6-13-2)10(5-7)15-3/h4-5,13H,6H2,1-3H3. The molecule has 0 fully saturated rings. The molecule has 3 nitrogen and oxygen atoms in total. The van der Waals surface area contributed by atoms with Gasteiger partial charge in [-0.15, -0.1) is 0 Å². The van der Waals surface area contributed by atoms with E-state index in [-0.39, 0.29) is 12.3 Å². The Kier molecular flexibility index (Phi) is 4.12. The summed E-state index contributed by atoms with van der Waals surface area (Å²) >= 11 is 6.02. The molecule has 82 valence electrons. The van der Waals surface area contributed by atoms with Crippen molar-refractivity contribution >= 4 is 17.4 Å². The monoisotopic (exact) mass is 227 g/mol. The largest absolute Gasteiger partial charge is 0.496 e. The van der Waals surface area contributed by atoms with E-state index in [2.05, 4.69) is 5.32 Å². The number of rotatable bonds is 4. The van der Waals surface area contributed by atoms with Crippen LogP contribution in [0.15, 0.2) is 12.1 Å². The zero-order chi connectivity index (χ0) is 11.4. The minimum absolute atomic E-state index is 0.0700. The van der Waals surface area contributed by atoms with Crippen molar-refractivity contribution in [3.63, 3.8) is 0 Å². The normalized spacial score (nSPS) is 10.1. The number of benzene rings is 1. The number of nitrogens with one attached hydrogen (secondary N) is 1. The third kappa shape index (κ3) is 2.70. The molecule has 0 heterocycles. The van der Waals surface area contributed by atoms with Crippen molar-refractivity contribution in [2.24, 2.45) is 0 Å². The van der Waals surface area contributed by atoms with E-state index in [9.17, 15) is 4.79 Å². The van der Waals surface area contributed by atoms with Crippen LogP contribution in [0.4, 0.5) is 0 Å². The lowest BCUT2D eigenvalue weighted by Crippen LogP contribution is -2.19. The van der Waals surface area contributed by atoms with Crippen LogP contribution in [0.1, 0.15) is 15.9 Å². The third-order valence-electron chi connectivity index (χ3n) is 2.03. The van der Waals surface area contributed by atoms with Gasteiger partial charge in [0, 0.05) is 0 Å². The van der Waals surface area contributed by atoms with Gasteiger partial charge in [0.05, 0.1) is 24.2 Å². The summed E-state index contributed by atoms with van der Waals surface area (Å²) in [7, 11) is 3.24. The molecule has 0 radical (unpaired) electrons. The third-order valence-corrected chi connectivity index (χ3v) is 2.33. The summed E-state index contributed by atoms with van der Waals surface area (Å²) in [5.74, 6) is 0.458. The maximum Gasteiger partial charge on any atom is 0.181 e. The average molecular weight is 228 g/mol. The first-order chi connectivity index (χ1) is 7.10. The number of carbonyl (C=O) groups is 1. The molecular weight excluding hydrogens is 214 g/mol. The van der Waals surface area contributed by atoms with Crippen molar-refractivity contribution in [1.29, 1.82) is 0 Å². The number of hydrogen-bond donors (Lipinski definition) is 1. The Hall–Kier alpha value is -1.06. The van der Waals surface area contributed by atoms with Crippen LogP contribution in [-0.2, 0) is 0 Å². The molecule has 0 unspecified atom stereocenters. The molecule has 1 aromatic carbocycles. The summed E-state index contributed by atoms with van der Waals surface area (Å²) in [6.45, 7) is 2.15. The fourth-order valence-electron chi connectivity index (χ4n) is 1.39. The first-order valence-electron chi connectivity index (χ1n) is 4.62. The van der Waals surface area contributed by atoms with Gasteiger partial charge in [0.2, 0.25) is 0 Å². The molecule has 0 aliphatic rings. The summed E-state index contributed by atoms with van der Waals surface area (Å²) in [5, 5.41) is 3.23. The number of aryl methyl sites for hydroxylation is 1. The van der Waals surface area contributed by atoms with Gasteiger partial charge in [-0.3, -0.25) is 4.79 Å². The van der Waals surface area contributed by atoms with Gasteiger partial charge in [-0.1, -0.05) is 11.6 Å². The predicted molar refractivity (Wildman–Crippen MR) is 61.0 cm³/mol. The first kappa shape index (κ1) is 12.0. The van der Waals surface area contributed by atoms with Gasteiger partial charge in [0.25, 0.3) is 0 Å². The zero-order valence-electron chi connectivity index (χ0n) is 9.06. The van der Waals surface area contributed by atoms with E-state index < -0.39 is 0 Å². The summed E-state index contributed by atoms with van der Waals surface area (Å²) in [4.78, 5) is 11.7. The second-order valence-corrected chi connectivity index (χ2v) is 3.68. The summed E-state index contributed by atoms with van der Waals surface area (Å²) in [6, 6.07) is 3.56.